The van der Waals surface area contributed by atoms with Crippen LogP contribution in [0.2, 0.25) is 0 Å². The molecule has 18 heavy (non-hydrogen) atoms. The summed E-state index contributed by atoms with van der Waals surface area (Å²) in [5, 5.41) is 15.0. The van der Waals surface area contributed by atoms with Crippen molar-refractivity contribution >= 4 is 12.0 Å². The summed E-state index contributed by atoms with van der Waals surface area (Å²) in [6.07, 6.45) is 6.85. The molecule has 0 saturated heterocycles. The Kier molecular flexibility index (Phi) is 3.50. The number of hydrogen-bond donors (Lipinski definition) is 3. The molecule has 0 unspecified atom stereocenters. The van der Waals surface area contributed by atoms with Gasteiger partial charge in [0, 0.05) is 5.54 Å². The summed E-state index contributed by atoms with van der Waals surface area (Å²) in [4.78, 5) is 23.4. The number of hydrogen-bond acceptors (Lipinski definition) is 2. The van der Waals surface area contributed by atoms with E-state index >= 15 is 0 Å². The van der Waals surface area contributed by atoms with E-state index in [4.69, 9.17) is 0 Å². The largest absolute Gasteiger partial charge is 0.480 e. The SMILES string of the molecule is CC1(NC(=O)NC2(C(=O)O)CCCCCC2)CC1. The second-order valence-corrected chi connectivity index (χ2v) is 5.94. The number of carbonyl (C=O) groups is 2. The molecule has 0 spiro atoms. The zero-order chi connectivity index (χ0) is 13.2. The minimum Gasteiger partial charge on any atom is -0.480 e. The number of carboxylic acid groups (broad SMARTS) is 1. The topological polar surface area (TPSA) is 78.4 Å². The van der Waals surface area contributed by atoms with Crippen LogP contribution in [-0.2, 0) is 4.79 Å². The van der Waals surface area contributed by atoms with Gasteiger partial charge in [-0.3, -0.25) is 0 Å². The fourth-order valence-electron chi connectivity index (χ4n) is 2.56. The highest BCUT2D eigenvalue weighted by Crippen LogP contribution is 2.34. The van der Waals surface area contributed by atoms with E-state index in [0.29, 0.717) is 12.8 Å². The minimum absolute atomic E-state index is 0.117. The summed E-state index contributed by atoms with van der Waals surface area (Å²) in [6, 6.07) is -0.334. The summed E-state index contributed by atoms with van der Waals surface area (Å²) in [7, 11) is 0. The quantitative estimate of drug-likeness (QED) is 0.674. The Morgan fingerprint density at radius 3 is 1.94 bits per heavy atom. The maximum atomic E-state index is 11.9. The molecule has 0 aliphatic heterocycles. The second kappa shape index (κ2) is 4.78. The van der Waals surface area contributed by atoms with Crippen molar-refractivity contribution in [3.05, 3.63) is 0 Å². The molecule has 2 aliphatic carbocycles. The molecular formula is C13H22N2O3. The van der Waals surface area contributed by atoms with E-state index in [1.165, 1.54) is 0 Å². The first kappa shape index (κ1) is 13.2. The van der Waals surface area contributed by atoms with Gasteiger partial charge in [0.1, 0.15) is 5.54 Å². The van der Waals surface area contributed by atoms with E-state index < -0.39 is 11.5 Å². The van der Waals surface area contributed by atoms with Crippen LogP contribution in [0.4, 0.5) is 4.79 Å². The average molecular weight is 254 g/mol. The van der Waals surface area contributed by atoms with E-state index in [-0.39, 0.29) is 11.6 Å². The van der Waals surface area contributed by atoms with Gasteiger partial charge in [0.25, 0.3) is 0 Å². The maximum Gasteiger partial charge on any atom is 0.329 e. The number of aliphatic carboxylic acids is 1. The van der Waals surface area contributed by atoms with Gasteiger partial charge < -0.3 is 15.7 Å². The number of amides is 2. The van der Waals surface area contributed by atoms with Crippen molar-refractivity contribution < 1.29 is 14.7 Å². The zero-order valence-electron chi connectivity index (χ0n) is 10.9. The van der Waals surface area contributed by atoms with E-state index in [9.17, 15) is 14.7 Å². The van der Waals surface area contributed by atoms with Crippen molar-refractivity contribution in [3.63, 3.8) is 0 Å². The molecule has 0 heterocycles. The molecule has 3 N–H and O–H groups in total. The molecule has 0 atom stereocenters. The summed E-state index contributed by atoms with van der Waals surface area (Å²) in [6.45, 7) is 1.98. The van der Waals surface area contributed by atoms with Gasteiger partial charge in [0.2, 0.25) is 0 Å². The fraction of sp³-hybridized carbons (Fsp3) is 0.846. The number of nitrogens with one attached hydrogen (secondary N) is 2. The first-order valence-electron chi connectivity index (χ1n) is 6.80. The van der Waals surface area contributed by atoms with Gasteiger partial charge in [0.15, 0.2) is 0 Å². The van der Waals surface area contributed by atoms with E-state index in [1.807, 2.05) is 6.92 Å². The van der Waals surface area contributed by atoms with Crippen LogP contribution in [0.5, 0.6) is 0 Å². The monoisotopic (exact) mass is 254 g/mol. The maximum absolute atomic E-state index is 11.9. The molecule has 2 rings (SSSR count). The smallest absolute Gasteiger partial charge is 0.329 e. The van der Waals surface area contributed by atoms with Crippen molar-refractivity contribution in [3.8, 4) is 0 Å². The highest BCUT2D eigenvalue weighted by atomic mass is 16.4. The molecule has 0 radical (unpaired) electrons. The Bertz CT molecular complexity index is 342. The van der Waals surface area contributed by atoms with Gasteiger partial charge in [-0.1, -0.05) is 25.7 Å². The minimum atomic E-state index is -1.06. The highest BCUT2D eigenvalue weighted by Gasteiger charge is 2.43. The van der Waals surface area contributed by atoms with Crippen LogP contribution in [0.1, 0.15) is 58.3 Å². The Hall–Kier alpha value is -1.26. The number of carbonyl (C=O) groups excluding carboxylic acids is 1. The fourth-order valence-corrected chi connectivity index (χ4v) is 2.56. The molecule has 0 bridgehead atoms. The van der Waals surface area contributed by atoms with Crippen LogP contribution >= 0.6 is 0 Å². The molecule has 2 fully saturated rings. The van der Waals surface area contributed by atoms with Crippen molar-refractivity contribution in [2.75, 3.05) is 0 Å². The Labute approximate surface area is 107 Å². The average Bonchev–Trinajstić information content (AvgIpc) is 3.03. The van der Waals surface area contributed by atoms with Crippen LogP contribution < -0.4 is 10.6 Å². The summed E-state index contributed by atoms with van der Waals surface area (Å²) >= 11 is 0. The van der Waals surface area contributed by atoms with Gasteiger partial charge in [-0.15, -0.1) is 0 Å². The molecule has 0 aromatic carbocycles. The van der Waals surface area contributed by atoms with Gasteiger partial charge in [-0.05, 0) is 32.6 Å². The van der Waals surface area contributed by atoms with Crippen LogP contribution in [0.3, 0.4) is 0 Å². The Morgan fingerprint density at radius 2 is 1.50 bits per heavy atom. The molecule has 2 saturated carbocycles. The molecule has 102 valence electrons. The van der Waals surface area contributed by atoms with Gasteiger partial charge in [-0.25, -0.2) is 9.59 Å². The van der Waals surface area contributed by atoms with Crippen molar-refractivity contribution in [2.24, 2.45) is 0 Å². The standard InChI is InChI=1S/C13H22N2O3/c1-12(8-9-12)14-11(18)15-13(10(16)17)6-4-2-3-5-7-13/h2-9H2,1H3,(H,16,17)(H2,14,15,18). The highest BCUT2D eigenvalue weighted by molar-refractivity contribution is 5.86. The van der Waals surface area contributed by atoms with E-state index in [0.717, 1.165) is 38.5 Å². The molecule has 0 aromatic rings. The summed E-state index contributed by atoms with van der Waals surface area (Å²) in [5.41, 5.74) is -1.18. The number of carboxylic acids is 1. The third kappa shape index (κ3) is 2.94. The van der Waals surface area contributed by atoms with Crippen molar-refractivity contribution in [2.45, 2.75) is 69.4 Å². The lowest BCUT2D eigenvalue weighted by Crippen LogP contribution is -2.58. The van der Waals surface area contributed by atoms with Crippen molar-refractivity contribution in [1.29, 1.82) is 0 Å². The Balaban J connectivity index is 2.00. The first-order valence-corrected chi connectivity index (χ1v) is 6.80. The van der Waals surface area contributed by atoms with Crippen LogP contribution in [0.15, 0.2) is 0 Å². The molecule has 0 aromatic heterocycles. The molecule has 2 aliphatic rings. The van der Waals surface area contributed by atoms with Gasteiger partial charge >= 0.3 is 12.0 Å². The molecule has 5 heteroatoms. The summed E-state index contributed by atoms with van der Waals surface area (Å²) < 4.78 is 0. The lowest BCUT2D eigenvalue weighted by atomic mass is 9.90. The van der Waals surface area contributed by atoms with E-state index in [2.05, 4.69) is 10.6 Å². The van der Waals surface area contributed by atoms with E-state index in [1.54, 1.807) is 0 Å². The Morgan fingerprint density at radius 1 is 0.944 bits per heavy atom. The predicted molar refractivity (Wildman–Crippen MR) is 67.4 cm³/mol. The third-order valence-electron chi connectivity index (χ3n) is 4.13. The number of rotatable bonds is 3. The van der Waals surface area contributed by atoms with Crippen molar-refractivity contribution in [1.82, 2.24) is 10.6 Å². The molecule has 2 amide bonds. The number of urea groups is 1. The van der Waals surface area contributed by atoms with Crippen LogP contribution in [0, 0.1) is 0 Å². The normalized spacial score (nSPS) is 24.7. The lowest BCUT2D eigenvalue weighted by Gasteiger charge is -2.30. The van der Waals surface area contributed by atoms with Crippen LogP contribution in [-0.4, -0.2) is 28.2 Å². The third-order valence-corrected chi connectivity index (χ3v) is 4.13. The second-order valence-electron chi connectivity index (χ2n) is 5.94. The van der Waals surface area contributed by atoms with Gasteiger partial charge in [-0.2, -0.15) is 0 Å². The summed E-state index contributed by atoms with van der Waals surface area (Å²) in [5.74, 6) is -0.902. The molecular weight excluding hydrogens is 232 g/mol. The molecule has 5 nitrogen and oxygen atoms in total. The van der Waals surface area contributed by atoms with Gasteiger partial charge in [0.05, 0.1) is 0 Å². The predicted octanol–water partition coefficient (Wildman–Crippen LogP) is 2.02. The first-order chi connectivity index (χ1) is 8.46. The zero-order valence-corrected chi connectivity index (χ0v) is 10.9. The van der Waals surface area contributed by atoms with Crippen LogP contribution in [0.25, 0.3) is 0 Å². The lowest BCUT2D eigenvalue weighted by molar-refractivity contribution is -0.145.